The van der Waals surface area contributed by atoms with Crippen LogP contribution in [0.25, 0.3) is 0 Å². The summed E-state index contributed by atoms with van der Waals surface area (Å²) in [6.45, 7) is 0. The predicted octanol–water partition coefficient (Wildman–Crippen LogP) is 3.54. The Balaban J connectivity index is 1.56. The Labute approximate surface area is 168 Å². The van der Waals surface area contributed by atoms with Crippen molar-refractivity contribution in [3.63, 3.8) is 0 Å². The highest BCUT2D eigenvalue weighted by molar-refractivity contribution is 7.89. The molecule has 1 amide bonds. The lowest BCUT2D eigenvalue weighted by molar-refractivity contribution is -0.0716. The molecule has 2 aromatic rings. The van der Waals surface area contributed by atoms with Gasteiger partial charge in [-0.25, -0.2) is 13.1 Å². The largest absolute Gasteiger partial charge is 0.448 e. The van der Waals surface area contributed by atoms with E-state index in [0.29, 0.717) is 17.2 Å². The molecule has 4 rings (SSSR count). The van der Waals surface area contributed by atoms with Gasteiger partial charge in [0, 0.05) is 24.6 Å². The molecule has 1 fully saturated rings. The lowest BCUT2D eigenvalue weighted by Crippen LogP contribution is -2.34. The lowest BCUT2D eigenvalue weighted by atomic mass is 10.2. The fourth-order valence-corrected chi connectivity index (χ4v) is 4.41. The Bertz CT molecular complexity index is 1050. The van der Waals surface area contributed by atoms with Gasteiger partial charge in [-0.3, -0.25) is 4.79 Å². The summed E-state index contributed by atoms with van der Waals surface area (Å²) in [7, 11) is -2.39. The zero-order valence-corrected chi connectivity index (χ0v) is 16.7. The van der Waals surface area contributed by atoms with Gasteiger partial charge in [0.15, 0.2) is 11.5 Å². The van der Waals surface area contributed by atoms with E-state index in [4.69, 9.17) is 21.1 Å². The fourth-order valence-electron chi connectivity index (χ4n) is 3.45. The van der Waals surface area contributed by atoms with Crippen LogP contribution in [0.4, 0.5) is 5.69 Å². The molecular weight excluding hydrogens is 404 g/mol. The summed E-state index contributed by atoms with van der Waals surface area (Å²) >= 11 is 6.11. The normalized spacial score (nSPS) is 17.1. The average molecular weight is 423 g/mol. The van der Waals surface area contributed by atoms with Crippen molar-refractivity contribution in [3.8, 4) is 11.5 Å². The number of hydrogen-bond acceptors (Lipinski definition) is 5. The first-order chi connectivity index (χ1) is 13.3. The second kappa shape index (κ2) is 6.95. The second-order valence-electron chi connectivity index (χ2n) is 6.79. The van der Waals surface area contributed by atoms with Crippen LogP contribution in [-0.2, 0) is 10.0 Å². The molecule has 148 valence electrons. The predicted molar refractivity (Wildman–Crippen MR) is 105 cm³/mol. The molecule has 1 aliphatic heterocycles. The van der Waals surface area contributed by atoms with Crippen molar-refractivity contribution < 1.29 is 22.7 Å². The Kier molecular flexibility index (Phi) is 4.73. The third-order valence-corrected chi connectivity index (χ3v) is 6.66. The second-order valence-corrected chi connectivity index (χ2v) is 9.08. The number of fused-ring (bicyclic) bond motifs is 1. The van der Waals surface area contributed by atoms with Crippen molar-refractivity contribution in [1.29, 1.82) is 0 Å². The first-order valence-electron chi connectivity index (χ1n) is 8.88. The molecule has 1 saturated carbocycles. The van der Waals surface area contributed by atoms with E-state index in [-0.39, 0.29) is 15.5 Å². The number of hydrogen-bond donors (Lipinski definition) is 2. The molecule has 9 heteroatoms. The van der Waals surface area contributed by atoms with Gasteiger partial charge in [-0.05, 0) is 50.2 Å². The maximum atomic E-state index is 12.7. The monoisotopic (exact) mass is 422 g/mol. The minimum atomic E-state index is -3.69. The minimum Gasteiger partial charge on any atom is -0.448 e. The molecule has 2 aliphatic rings. The van der Waals surface area contributed by atoms with Gasteiger partial charge in [0.25, 0.3) is 11.7 Å². The minimum absolute atomic E-state index is 0.0431. The zero-order valence-electron chi connectivity index (χ0n) is 15.1. The first kappa shape index (κ1) is 19.0. The highest BCUT2D eigenvalue weighted by atomic mass is 35.5. The summed E-state index contributed by atoms with van der Waals surface area (Å²) < 4.78 is 38.1. The van der Waals surface area contributed by atoms with E-state index in [2.05, 4.69) is 10.0 Å². The molecule has 2 aromatic carbocycles. The van der Waals surface area contributed by atoms with Gasteiger partial charge < -0.3 is 14.8 Å². The smallest absolute Gasteiger partial charge is 0.257 e. The maximum absolute atomic E-state index is 12.7. The summed E-state index contributed by atoms with van der Waals surface area (Å²) in [4.78, 5) is 12.6. The van der Waals surface area contributed by atoms with Crippen molar-refractivity contribution in [2.45, 2.75) is 36.4 Å². The molecule has 0 saturated heterocycles. The van der Waals surface area contributed by atoms with Gasteiger partial charge >= 0.3 is 0 Å². The lowest BCUT2D eigenvalue weighted by Gasteiger charge is -2.21. The zero-order chi connectivity index (χ0) is 19.9. The number of amides is 1. The van der Waals surface area contributed by atoms with E-state index in [9.17, 15) is 13.2 Å². The molecule has 0 aromatic heterocycles. The van der Waals surface area contributed by atoms with Crippen LogP contribution in [0.3, 0.4) is 0 Å². The van der Waals surface area contributed by atoms with Gasteiger partial charge in [0.1, 0.15) is 0 Å². The number of benzene rings is 2. The number of carbonyl (C=O) groups is 1. The quantitative estimate of drug-likeness (QED) is 0.785. The van der Waals surface area contributed by atoms with Crippen LogP contribution in [0.15, 0.2) is 41.3 Å². The van der Waals surface area contributed by atoms with Gasteiger partial charge in [0.2, 0.25) is 10.0 Å². The standard InChI is InChI=1S/C19H19ClN2O5S/c1-21-28(24,25)13-5-6-15(20)14(11-13)18(23)22-12-4-7-16-17(10-12)27-19(26-16)8-2-3-9-19/h4-7,10-11,21H,2-3,8-9H2,1H3,(H,22,23). The van der Waals surface area contributed by atoms with E-state index >= 15 is 0 Å². The highest BCUT2D eigenvalue weighted by Crippen LogP contribution is 2.47. The van der Waals surface area contributed by atoms with Crippen molar-refractivity contribution in [3.05, 3.63) is 47.0 Å². The Hall–Kier alpha value is -2.29. The van der Waals surface area contributed by atoms with Crippen LogP contribution in [-0.4, -0.2) is 27.2 Å². The molecular formula is C19H19ClN2O5S. The molecule has 1 heterocycles. The SMILES string of the molecule is CNS(=O)(=O)c1ccc(Cl)c(C(=O)Nc2ccc3c(c2)OC2(CCCC2)O3)c1. The van der Waals surface area contributed by atoms with E-state index in [0.717, 1.165) is 25.7 Å². The Morgan fingerprint density at radius 3 is 2.50 bits per heavy atom. The molecule has 1 spiro atoms. The van der Waals surface area contributed by atoms with Crippen molar-refractivity contribution >= 4 is 33.2 Å². The number of ether oxygens (including phenoxy) is 2. The molecule has 0 atom stereocenters. The Morgan fingerprint density at radius 2 is 1.79 bits per heavy atom. The number of sulfonamides is 1. The van der Waals surface area contributed by atoms with Crippen molar-refractivity contribution in [2.75, 3.05) is 12.4 Å². The van der Waals surface area contributed by atoms with Crippen LogP contribution >= 0.6 is 11.6 Å². The van der Waals surface area contributed by atoms with Gasteiger partial charge in [-0.2, -0.15) is 0 Å². The number of rotatable bonds is 4. The number of anilines is 1. The molecule has 28 heavy (non-hydrogen) atoms. The first-order valence-corrected chi connectivity index (χ1v) is 10.7. The van der Waals surface area contributed by atoms with E-state index in [1.807, 2.05) is 0 Å². The highest BCUT2D eigenvalue weighted by Gasteiger charge is 2.44. The summed E-state index contributed by atoms with van der Waals surface area (Å²) in [6, 6.07) is 9.11. The van der Waals surface area contributed by atoms with Gasteiger partial charge in [0.05, 0.1) is 15.5 Å². The van der Waals surface area contributed by atoms with Crippen LogP contribution < -0.4 is 19.5 Å². The van der Waals surface area contributed by atoms with Crippen LogP contribution in [0.5, 0.6) is 11.5 Å². The number of nitrogens with one attached hydrogen (secondary N) is 2. The third-order valence-electron chi connectivity index (χ3n) is 4.92. The Morgan fingerprint density at radius 1 is 1.07 bits per heavy atom. The third kappa shape index (κ3) is 3.43. The van der Waals surface area contributed by atoms with Crippen molar-refractivity contribution in [1.82, 2.24) is 4.72 Å². The van der Waals surface area contributed by atoms with Crippen LogP contribution in [0.2, 0.25) is 5.02 Å². The van der Waals surface area contributed by atoms with Crippen LogP contribution in [0, 0.1) is 0 Å². The molecule has 2 N–H and O–H groups in total. The average Bonchev–Trinajstić information content (AvgIpc) is 3.27. The number of carbonyl (C=O) groups excluding carboxylic acids is 1. The summed E-state index contributed by atoms with van der Waals surface area (Å²) in [6.07, 6.45) is 3.79. The maximum Gasteiger partial charge on any atom is 0.257 e. The van der Waals surface area contributed by atoms with E-state index in [1.165, 1.54) is 25.2 Å². The molecule has 7 nitrogen and oxygen atoms in total. The van der Waals surface area contributed by atoms with E-state index in [1.54, 1.807) is 18.2 Å². The molecule has 0 unspecified atom stereocenters. The molecule has 0 radical (unpaired) electrons. The van der Waals surface area contributed by atoms with Crippen molar-refractivity contribution in [2.24, 2.45) is 0 Å². The number of halogens is 1. The van der Waals surface area contributed by atoms with Crippen LogP contribution in [0.1, 0.15) is 36.0 Å². The van der Waals surface area contributed by atoms with E-state index < -0.39 is 21.7 Å². The fraction of sp³-hybridized carbons (Fsp3) is 0.316. The molecule has 0 bridgehead atoms. The topological polar surface area (TPSA) is 93.7 Å². The van der Waals surface area contributed by atoms with Gasteiger partial charge in [-0.15, -0.1) is 0 Å². The summed E-state index contributed by atoms with van der Waals surface area (Å²) in [5, 5.41) is 2.88. The summed E-state index contributed by atoms with van der Waals surface area (Å²) in [5.41, 5.74) is 0.559. The van der Waals surface area contributed by atoms with Gasteiger partial charge in [-0.1, -0.05) is 11.6 Å². The molecule has 1 aliphatic carbocycles. The summed E-state index contributed by atoms with van der Waals surface area (Å²) in [5.74, 6) is 0.134.